The van der Waals surface area contributed by atoms with Crippen molar-refractivity contribution in [1.82, 2.24) is 0 Å². The molecule has 0 atom stereocenters. The Morgan fingerprint density at radius 1 is 1.37 bits per heavy atom. The fraction of sp³-hybridized carbons (Fsp3) is 0.0714. The Morgan fingerprint density at radius 3 is 2.84 bits per heavy atom. The molecule has 0 spiro atoms. The van der Waals surface area contributed by atoms with Crippen LogP contribution in [0.25, 0.3) is 17.4 Å². The van der Waals surface area contributed by atoms with Crippen molar-refractivity contribution < 1.29 is 18.3 Å². The van der Waals surface area contributed by atoms with Gasteiger partial charge in [0.25, 0.3) is 0 Å². The number of ether oxygens (including phenoxy) is 1. The number of carbonyl (C=O) groups is 1. The topological polar surface area (TPSA) is 39.4 Å². The molecule has 5 heteroatoms. The molecular formula is C14H10BrFO3. The van der Waals surface area contributed by atoms with Gasteiger partial charge >= 0.3 is 5.97 Å². The first-order chi connectivity index (χ1) is 9.10. The molecule has 0 aliphatic rings. The molecule has 19 heavy (non-hydrogen) atoms. The van der Waals surface area contributed by atoms with Crippen LogP contribution in [0.15, 0.2) is 45.3 Å². The molecule has 0 aliphatic heterocycles. The summed E-state index contributed by atoms with van der Waals surface area (Å²) in [7, 11) is 1.30. The molecule has 0 saturated carbocycles. The van der Waals surface area contributed by atoms with Gasteiger partial charge in [-0.2, -0.15) is 0 Å². The van der Waals surface area contributed by atoms with E-state index >= 15 is 0 Å². The summed E-state index contributed by atoms with van der Waals surface area (Å²) >= 11 is 3.27. The molecule has 0 N–H and O–H groups in total. The quantitative estimate of drug-likeness (QED) is 0.632. The fourth-order valence-corrected chi connectivity index (χ4v) is 2.04. The van der Waals surface area contributed by atoms with E-state index in [1.165, 1.54) is 31.4 Å². The molecular weight excluding hydrogens is 315 g/mol. The molecule has 1 aromatic carbocycles. The zero-order chi connectivity index (χ0) is 13.8. The smallest absolute Gasteiger partial charge is 0.330 e. The largest absolute Gasteiger partial charge is 0.466 e. The number of hydrogen-bond acceptors (Lipinski definition) is 3. The molecule has 0 fully saturated rings. The second kappa shape index (κ2) is 5.84. The summed E-state index contributed by atoms with van der Waals surface area (Å²) in [6.07, 6.45) is 2.77. The van der Waals surface area contributed by atoms with Crippen molar-refractivity contribution in [1.29, 1.82) is 0 Å². The minimum atomic E-state index is -0.457. The summed E-state index contributed by atoms with van der Waals surface area (Å²) in [5.41, 5.74) is 0.735. The number of hydrogen-bond donors (Lipinski definition) is 0. The zero-order valence-corrected chi connectivity index (χ0v) is 11.6. The van der Waals surface area contributed by atoms with Crippen LogP contribution in [0.3, 0.4) is 0 Å². The fourth-order valence-electron chi connectivity index (χ4n) is 1.49. The summed E-state index contributed by atoms with van der Waals surface area (Å²) in [6, 6.07) is 7.79. The maximum absolute atomic E-state index is 13.0. The molecule has 0 amide bonds. The second-order valence-corrected chi connectivity index (χ2v) is 4.54. The predicted molar refractivity (Wildman–Crippen MR) is 72.9 cm³/mol. The standard InChI is InChI=1S/C14H10BrFO3/c1-18-14(17)7-4-10-3-6-13(19-10)11-5-2-9(16)8-12(11)15/h2-8H,1H3/b7-4+. The van der Waals surface area contributed by atoms with E-state index in [4.69, 9.17) is 4.42 Å². The minimum absolute atomic E-state index is 0.326. The van der Waals surface area contributed by atoms with Crippen molar-refractivity contribution in [3.8, 4) is 11.3 Å². The van der Waals surface area contributed by atoms with Crippen LogP contribution >= 0.6 is 15.9 Å². The third kappa shape index (κ3) is 3.32. The Bertz CT molecular complexity index is 631. The van der Waals surface area contributed by atoms with E-state index in [1.807, 2.05) is 0 Å². The number of rotatable bonds is 3. The zero-order valence-electron chi connectivity index (χ0n) is 10.0. The van der Waals surface area contributed by atoms with E-state index in [0.29, 0.717) is 16.0 Å². The highest BCUT2D eigenvalue weighted by Crippen LogP contribution is 2.30. The first kappa shape index (κ1) is 13.5. The van der Waals surface area contributed by atoms with Crippen LogP contribution < -0.4 is 0 Å². The Balaban J connectivity index is 2.26. The van der Waals surface area contributed by atoms with Crippen LogP contribution in [0.4, 0.5) is 4.39 Å². The molecule has 1 heterocycles. The Kier molecular flexibility index (Phi) is 4.16. The lowest BCUT2D eigenvalue weighted by Gasteiger charge is -2.00. The lowest BCUT2D eigenvalue weighted by molar-refractivity contribution is -0.134. The Morgan fingerprint density at radius 2 is 2.16 bits per heavy atom. The van der Waals surface area contributed by atoms with E-state index in [-0.39, 0.29) is 5.82 Å². The molecule has 0 aliphatic carbocycles. The second-order valence-electron chi connectivity index (χ2n) is 3.68. The van der Waals surface area contributed by atoms with Gasteiger partial charge in [-0.05, 0) is 52.3 Å². The van der Waals surface area contributed by atoms with Gasteiger partial charge in [-0.1, -0.05) is 0 Å². The van der Waals surface area contributed by atoms with Crippen molar-refractivity contribution in [2.75, 3.05) is 7.11 Å². The number of halogens is 2. The van der Waals surface area contributed by atoms with Crippen molar-refractivity contribution in [2.45, 2.75) is 0 Å². The van der Waals surface area contributed by atoms with E-state index < -0.39 is 5.97 Å². The van der Waals surface area contributed by atoms with E-state index in [2.05, 4.69) is 20.7 Å². The normalized spacial score (nSPS) is 10.9. The van der Waals surface area contributed by atoms with Gasteiger partial charge in [-0.3, -0.25) is 0 Å². The maximum Gasteiger partial charge on any atom is 0.330 e. The first-order valence-electron chi connectivity index (χ1n) is 5.41. The van der Waals surface area contributed by atoms with Crippen molar-refractivity contribution >= 4 is 28.0 Å². The predicted octanol–water partition coefficient (Wildman–Crippen LogP) is 4.03. The van der Waals surface area contributed by atoms with Gasteiger partial charge in [0.15, 0.2) is 0 Å². The van der Waals surface area contributed by atoms with Crippen LogP contribution in [0.2, 0.25) is 0 Å². The van der Waals surface area contributed by atoms with Crippen LogP contribution in [0.1, 0.15) is 5.76 Å². The highest BCUT2D eigenvalue weighted by Gasteiger charge is 2.08. The molecule has 2 aromatic rings. The number of esters is 1. The lowest BCUT2D eigenvalue weighted by Crippen LogP contribution is -1.92. The molecule has 0 saturated heterocycles. The van der Waals surface area contributed by atoms with E-state index in [9.17, 15) is 9.18 Å². The number of methoxy groups -OCH3 is 1. The summed E-state index contributed by atoms with van der Waals surface area (Å²) in [6.45, 7) is 0. The van der Waals surface area contributed by atoms with E-state index in [0.717, 1.165) is 5.56 Å². The molecule has 0 radical (unpaired) electrons. The van der Waals surface area contributed by atoms with Gasteiger partial charge in [-0.15, -0.1) is 0 Å². The molecule has 0 unspecified atom stereocenters. The van der Waals surface area contributed by atoms with Crippen LogP contribution in [0, 0.1) is 5.82 Å². The number of furan rings is 1. The number of benzene rings is 1. The highest BCUT2D eigenvalue weighted by atomic mass is 79.9. The Hall–Kier alpha value is -1.88. The average Bonchev–Trinajstić information content (AvgIpc) is 2.84. The number of carbonyl (C=O) groups excluding carboxylic acids is 1. The first-order valence-corrected chi connectivity index (χ1v) is 6.21. The molecule has 2 rings (SSSR count). The maximum atomic E-state index is 13.0. The third-order valence-corrected chi connectivity index (χ3v) is 3.06. The monoisotopic (exact) mass is 324 g/mol. The van der Waals surface area contributed by atoms with Crippen LogP contribution in [-0.4, -0.2) is 13.1 Å². The van der Waals surface area contributed by atoms with Gasteiger partial charge in [-0.25, -0.2) is 9.18 Å². The Labute approximate surface area is 117 Å². The van der Waals surface area contributed by atoms with E-state index in [1.54, 1.807) is 18.2 Å². The summed E-state index contributed by atoms with van der Waals surface area (Å²) in [5, 5.41) is 0. The summed E-state index contributed by atoms with van der Waals surface area (Å²) in [5.74, 6) is 0.307. The van der Waals surface area contributed by atoms with Crippen LogP contribution in [0.5, 0.6) is 0 Å². The van der Waals surface area contributed by atoms with Gasteiger partial charge in [0, 0.05) is 16.1 Å². The van der Waals surface area contributed by atoms with Gasteiger partial charge < -0.3 is 9.15 Å². The third-order valence-electron chi connectivity index (χ3n) is 2.41. The van der Waals surface area contributed by atoms with Crippen molar-refractivity contribution in [2.24, 2.45) is 0 Å². The molecule has 3 nitrogen and oxygen atoms in total. The van der Waals surface area contributed by atoms with Crippen molar-refractivity contribution in [3.63, 3.8) is 0 Å². The SMILES string of the molecule is COC(=O)/C=C/c1ccc(-c2ccc(F)cc2Br)o1. The average molecular weight is 325 g/mol. The summed E-state index contributed by atoms with van der Waals surface area (Å²) in [4.78, 5) is 11.0. The summed E-state index contributed by atoms with van der Waals surface area (Å²) < 4.78 is 23.6. The van der Waals surface area contributed by atoms with Crippen LogP contribution in [-0.2, 0) is 9.53 Å². The van der Waals surface area contributed by atoms with Gasteiger partial charge in [0.05, 0.1) is 7.11 Å². The highest BCUT2D eigenvalue weighted by molar-refractivity contribution is 9.10. The molecule has 0 bridgehead atoms. The molecule has 1 aromatic heterocycles. The van der Waals surface area contributed by atoms with Gasteiger partial charge in [0.1, 0.15) is 17.3 Å². The van der Waals surface area contributed by atoms with Crippen molar-refractivity contribution in [3.05, 3.63) is 52.5 Å². The minimum Gasteiger partial charge on any atom is -0.466 e. The lowest BCUT2D eigenvalue weighted by atomic mass is 10.2. The van der Waals surface area contributed by atoms with Gasteiger partial charge in [0.2, 0.25) is 0 Å². The molecule has 98 valence electrons.